The lowest BCUT2D eigenvalue weighted by Crippen LogP contribution is -1.95. The van der Waals surface area contributed by atoms with Gasteiger partial charge in [0.1, 0.15) is 0 Å². The minimum Gasteiger partial charge on any atom is -0.479 e. The summed E-state index contributed by atoms with van der Waals surface area (Å²) in [4.78, 5) is 8.01. The smallest absolute Gasteiger partial charge is 0.321 e. The Morgan fingerprint density at radius 3 is 2.63 bits per heavy atom. The maximum Gasteiger partial charge on any atom is 0.321 e. The second-order valence-corrected chi connectivity index (χ2v) is 5.22. The summed E-state index contributed by atoms with van der Waals surface area (Å²) < 4.78 is 15.0. The molecule has 98 valence electrons. The first-order chi connectivity index (χ1) is 8.99. The number of aromatic hydroxyl groups is 2. The van der Waals surface area contributed by atoms with Crippen LogP contribution in [-0.4, -0.2) is 29.8 Å². The number of aromatic nitrogens is 4. The Bertz CT molecular complexity index is 796. The van der Waals surface area contributed by atoms with Gasteiger partial charge in [-0.1, -0.05) is 0 Å². The molecule has 0 radical (unpaired) electrons. The summed E-state index contributed by atoms with van der Waals surface area (Å²) in [5, 5.41) is 22.4. The molecule has 8 heteroatoms. The summed E-state index contributed by atoms with van der Waals surface area (Å²) >= 11 is 1.04. The van der Waals surface area contributed by atoms with E-state index in [0.717, 1.165) is 26.3 Å². The van der Waals surface area contributed by atoms with Crippen LogP contribution in [0, 0.1) is 19.0 Å². The molecule has 0 aromatic carbocycles. The van der Waals surface area contributed by atoms with Gasteiger partial charge in [0, 0.05) is 10.4 Å². The van der Waals surface area contributed by atoms with Crippen LogP contribution in [0.3, 0.4) is 0 Å². The molecule has 0 aliphatic carbocycles. The molecule has 3 aromatic heterocycles. The Kier molecular flexibility index (Phi) is 2.42. The zero-order valence-corrected chi connectivity index (χ0v) is 10.9. The molecule has 0 bridgehead atoms. The lowest BCUT2D eigenvalue weighted by molar-refractivity contribution is 0.374. The first-order valence-electron chi connectivity index (χ1n) is 5.38. The van der Waals surface area contributed by atoms with Gasteiger partial charge in [-0.2, -0.15) is 19.0 Å². The predicted molar refractivity (Wildman–Crippen MR) is 66.9 cm³/mol. The maximum atomic E-state index is 14.0. The molecule has 19 heavy (non-hydrogen) atoms. The van der Waals surface area contributed by atoms with Gasteiger partial charge in [-0.15, -0.1) is 16.3 Å². The van der Waals surface area contributed by atoms with Crippen LogP contribution in [0.15, 0.2) is 6.20 Å². The molecule has 0 spiro atoms. The lowest BCUT2D eigenvalue weighted by Gasteiger charge is -2.00. The van der Waals surface area contributed by atoms with Crippen molar-refractivity contribution in [1.82, 2.24) is 19.6 Å². The van der Waals surface area contributed by atoms with Gasteiger partial charge >= 0.3 is 12.0 Å². The highest BCUT2D eigenvalue weighted by Crippen LogP contribution is 2.36. The summed E-state index contributed by atoms with van der Waals surface area (Å²) in [7, 11) is 0. The van der Waals surface area contributed by atoms with Crippen LogP contribution in [0.4, 0.5) is 4.39 Å². The van der Waals surface area contributed by atoms with E-state index >= 15 is 0 Å². The molecular formula is C11H9FN4O2S. The number of hydrogen-bond donors (Lipinski definition) is 2. The topological polar surface area (TPSA) is 83.5 Å². The second-order valence-electron chi connectivity index (χ2n) is 4.05. The van der Waals surface area contributed by atoms with E-state index in [1.165, 1.54) is 6.20 Å². The highest BCUT2D eigenvalue weighted by molar-refractivity contribution is 7.10. The monoisotopic (exact) mass is 280 g/mol. The molecule has 0 fully saturated rings. The molecule has 0 saturated carbocycles. The van der Waals surface area contributed by atoms with E-state index in [9.17, 15) is 14.6 Å². The van der Waals surface area contributed by atoms with Gasteiger partial charge in [0.2, 0.25) is 0 Å². The molecule has 3 rings (SSSR count). The molecule has 0 amide bonds. The van der Waals surface area contributed by atoms with Crippen LogP contribution >= 0.6 is 11.3 Å². The van der Waals surface area contributed by atoms with Crippen molar-refractivity contribution in [3.05, 3.63) is 21.8 Å². The summed E-state index contributed by atoms with van der Waals surface area (Å²) in [5.74, 6) is 0. The van der Waals surface area contributed by atoms with Crippen LogP contribution in [-0.2, 0) is 0 Å². The summed E-state index contributed by atoms with van der Waals surface area (Å²) in [5.41, 5.74) is 1.74. The summed E-state index contributed by atoms with van der Waals surface area (Å²) in [6.45, 7) is 3.62. The van der Waals surface area contributed by atoms with E-state index in [4.69, 9.17) is 0 Å². The first-order valence-corrected chi connectivity index (χ1v) is 6.20. The fraction of sp³-hybridized carbons (Fsp3) is 0.182. The highest BCUT2D eigenvalue weighted by Gasteiger charge is 2.20. The largest absolute Gasteiger partial charge is 0.479 e. The highest BCUT2D eigenvalue weighted by atomic mass is 32.1. The molecular weight excluding hydrogens is 271 g/mol. The zero-order valence-electron chi connectivity index (χ0n) is 10.0. The van der Waals surface area contributed by atoms with Crippen LogP contribution in [0.1, 0.15) is 10.4 Å². The number of thiophene rings is 1. The average molecular weight is 280 g/mol. The molecule has 0 atom stereocenters. The van der Waals surface area contributed by atoms with Crippen molar-refractivity contribution in [1.29, 1.82) is 0 Å². The van der Waals surface area contributed by atoms with E-state index in [1.54, 1.807) is 6.92 Å². The van der Waals surface area contributed by atoms with Crippen LogP contribution in [0.2, 0.25) is 0 Å². The van der Waals surface area contributed by atoms with Gasteiger partial charge in [-0.3, -0.25) is 0 Å². The maximum absolute atomic E-state index is 14.0. The average Bonchev–Trinajstić information content (AvgIpc) is 2.82. The fourth-order valence-corrected chi connectivity index (χ4v) is 2.81. The van der Waals surface area contributed by atoms with Crippen LogP contribution in [0.25, 0.3) is 16.8 Å². The van der Waals surface area contributed by atoms with E-state index in [-0.39, 0.29) is 10.8 Å². The normalized spacial score (nSPS) is 11.3. The van der Waals surface area contributed by atoms with Gasteiger partial charge < -0.3 is 10.2 Å². The first kappa shape index (κ1) is 11.8. The predicted octanol–water partition coefficient (Wildman–Crippen LogP) is 2.02. The van der Waals surface area contributed by atoms with Crippen molar-refractivity contribution in [3.63, 3.8) is 0 Å². The third-order valence-corrected chi connectivity index (χ3v) is 3.95. The van der Waals surface area contributed by atoms with Crippen LogP contribution < -0.4 is 0 Å². The van der Waals surface area contributed by atoms with E-state index in [0.29, 0.717) is 11.1 Å². The van der Waals surface area contributed by atoms with Gasteiger partial charge in [0.15, 0.2) is 10.8 Å². The van der Waals surface area contributed by atoms with Gasteiger partial charge in [0.05, 0.1) is 11.8 Å². The summed E-state index contributed by atoms with van der Waals surface area (Å²) in [6.07, 6.45) is 1.39. The summed E-state index contributed by atoms with van der Waals surface area (Å²) in [6, 6.07) is -1.09. The van der Waals surface area contributed by atoms with Crippen molar-refractivity contribution in [2.45, 2.75) is 13.8 Å². The minimum atomic E-state index is -0.586. The van der Waals surface area contributed by atoms with Gasteiger partial charge in [-0.25, -0.2) is 0 Å². The second kappa shape index (κ2) is 3.89. The quantitative estimate of drug-likeness (QED) is 0.712. The number of rotatable bonds is 1. The minimum absolute atomic E-state index is 0.157. The Hall–Kier alpha value is -2.22. The van der Waals surface area contributed by atoms with E-state index in [1.807, 2.05) is 6.92 Å². The van der Waals surface area contributed by atoms with Crippen molar-refractivity contribution < 1.29 is 14.6 Å². The third-order valence-electron chi connectivity index (χ3n) is 2.95. The lowest BCUT2D eigenvalue weighted by atomic mass is 10.1. The van der Waals surface area contributed by atoms with Gasteiger partial charge in [0.25, 0.3) is 0 Å². The molecule has 0 aliphatic rings. The van der Waals surface area contributed by atoms with E-state index in [2.05, 4.69) is 15.1 Å². The number of nitrogens with zero attached hydrogens (tertiary/aromatic N) is 4. The van der Waals surface area contributed by atoms with Crippen molar-refractivity contribution >= 4 is 17.0 Å². The molecule has 6 nitrogen and oxygen atoms in total. The number of halogens is 1. The standard InChI is InChI=1S/C11H9FN4O2S/c1-4-5(2)19-8(12)7(4)6-3-13-16-9(6)14-10(17)15-11(16)18/h3H,1-2H3,(H2,14,15,17,18). The van der Waals surface area contributed by atoms with Crippen molar-refractivity contribution in [2.75, 3.05) is 0 Å². The molecule has 0 saturated heterocycles. The van der Waals surface area contributed by atoms with E-state index < -0.39 is 12.0 Å². The molecule has 3 aromatic rings. The molecule has 0 unspecified atom stereocenters. The molecule has 0 aliphatic heterocycles. The molecule has 3 heterocycles. The SMILES string of the molecule is Cc1sc(F)c(-c2cnn3c(O)nc(O)nc23)c1C. The van der Waals surface area contributed by atoms with Crippen molar-refractivity contribution in [2.24, 2.45) is 0 Å². The fourth-order valence-electron chi connectivity index (χ4n) is 1.92. The third kappa shape index (κ3) is 1.64. The Balaban J connectivity index is 2.37. The molecule has 2 N–H and O–H groups in total. The van der Waals surface area contributed by atoms with Gasteiger partial charge in [-0.05, 0) is 19.4 Å². The Labute approximate surface area is 110 Å². The Morgan fingerprint density at radius 2 is 2.00 bits per heavy atom. The number of fused-ring (bicyclic) bond motifs is 1. The zero-order chi connectivity index (χ0) is 13.7. The van der Waals surface area contributed by atoms with Crippen LogP contribution in [0.5, 0.6) is 12.0 Å². The number of hydrogen-bond acceptors (Lipinski definition) is 6. The Morgan fingerprint density at radius 1 is 1.26 bits per heavy atom. The van der Waals surface area contributed by atoms with Crippen molar-refractivity contribution in [3.8, 4) is 23.1 Å². The number of aryl methyl sites for hydroxylation is 1.